The molecule has 2 fully saturated rings. The molecule has 98 valence electrons. The zero-order valence-corrected chi connectivity index (χ0v) is 11.1. The van der Waals surface area contributed by atoms with Crippen LogP contribution in [0.2, 0.25) is 0 Å². The third kappa shape index (κ3) is 2.18. The number of nitrogens with zero attached hydrogens (tertiary/aromatic N) is 1. The molecule has 4 nitrogen and oxygen atoms in total. The predicted molar refractivity (Wildman–Crippen MR) is 71.1 cm³/mol. The molecule has 2 aliphatic heterocycles. The Hall–Kier alpha value is -0.910. The van der Waals surface area contributed by atoms with Gasteiger partial charge in [-0.15, -0.1) is 0 Å². The summed E-state index contributed by atoms with van der Waals surface area (Å²) >= 11 is 0. The van der Waals surface area contributed by atoms with Crippen molar-refractivity contribution in [1.82, 2.24) is 10.2 Å². The van der Waals surface area contributed by atoms with Gasteiger partial charge in [0.25, 0.3) is 0 Å². The van der Waals surface area contributed by atoms with Crippen molar-refractivity contribution in [3.8, 4) is 0 Å². The van der Waals surface area contributed by atoms with Gasteiger partial charge in [0, 0.05) is 26.2 Å². The van der Waals surface area contributed by atoms with Gasteiger partial charge in [-0.1, -0.05) is 30.3 Å². The lowest BCUT2D eigenvalue weighted by Gasteiger charge is -2.52. The predicted octanol–water partition coefficient (Wildman–Crippen LogP) is 0.259. The molecule has 0 saturated carbocycles. The Morgan fingerprint density at radius 2 is 1.94 bits per heavy atom. The van der Waals surface area contributed by atoms with Gasteiger partial charge in [-0.05, 0) is 5.56 Å². The van der Waals surface area contributed by atoms with Gasteiger partial charge in [-0.2, -0.15) is 0 Å². The summed E-state index contributed by atoms with van der Waals surface area (Å²) in [6.07, 6.45) is 0. The number of hydrogen-bond donors (Lipinski definition) is 1. The highest BCUT2D eigenvalue weighted by Crippen LogP contribution is 2.32. The molecule has 0 atom stereocenters. The summed E-state index contributed by atoms with van der Waals surface area (Å²) in [4.78, 5) is 2.33. The number of benzene rings is 1. The Kier molecular flexibility index (Phi) is 2.92. The lowest BCUT2D eigenvalue weighted by molar-refractivity contribution is 0.0756. The maximum atomic E-state index is 11.5. The van der Waals surface area contributed by atoms with Crippen LogP contribution in [0.25, 0.3) is 0 Å². The van der Waals surface area contributed by atoms with Crippen molar-refractivity contribution in [1.29, 1.82) is 0 Å². The van der Waals surface area contributed by atoms with Crippen LogP contribution in [0.15, 0.2) is 30.3 Å². The van der Waals surface area contributed by atoms with E-state index < -0.39 is 9.84 Å². The zero-order valence-electron chi connectivity index (χ0n) is 10.3. The third-order valence-electron chi connectivity index (χ3n) is 3.88. The maximum Gasteiger partial charge on any atom is 0.154 e. The smallest absolute Gasteiger partial charge is 0.154 e. The summed E-state index contributed by atoms with van der Waals surface area (Å²) in [5.74, 6) is 0.611. The molecule has 0 radical (unpaired) electrons. The molecule has 1 spiro atoms. The molecule has 1 aromatic carbocycles. The van der Waals surface area contributed by atoms with E-state index in [4.69, 9.17) is 0 Å². The molecule has 0 aliphatic carbocycles. The van der Waals surface area contributed by atoms with E-state index in [2.05, 4.69) is 22.3 Å². The van der Waals surface area contributed by atoms with Gasteiger partial charge in [0.1, 0.15) is 0 Å². The molecule has 2 saturated heterocycles. The van der Waals surface area contributed by atoms with Crippen LogP contribution in [-0.2, 0) is 16.4 Å². The van der Waals surface area contributed by atoms with Crippen LogP contribution < -0.4 is 5.32 Å². The van der Waals surface area contributed by atoms with E-state index in [1.165, 1.54) is 5.56 Å². The van der Waals surface area contributed by atoms with Crippen molar-refractivity contribution in [3.05, 3.63) is 35.9 Å². The molecule has 0 amide bonds. The Morgan fingerprint density at radius 3 is 2.61 bits per heavy atom. The van der Waals surface area contributed by atoms with Crippen molar-refractivity contribution in [2.45, 2.75) is 12.1 Å². The van der Waals surface area contributed by atoms with Crippen molar-refractivity contribution in [2.75, 3.05) is 31.1 Å². The fourth-order valence-electron chi connectivity index (χ4n) is 3.00. The SMILES string of the molecule is O=S1(=O)CC2(CNCCN2Cc2ccccc2)C1. The average Bonchev–Trinajstić information content (AvgIpc) is 2.31. The number of hydrogen-bond acceptors (Lipinski definition) is 4. The van der Waals surface area contributed by atoms with Crippen LogP contribution >= 0.6 is 0 Å². The summed E-state index contributed by atoms with van der Waals surface area (Å²) in [5.41, 5.74) is 1.09. The van der Waals surface area contributed by atoms with Crippen molar-refractivity contribution in [2.24, 2.45) is 0 Å². The molecule has 1 aromatic rings. The monoisotopic (exact) mass is 266 g/mol. The standard InChI is InChI=1S/C13H18N2O2S/c16-18(17)10-13(11-18)9-14-6-7-15(13)8-12-4-2-1-3-5-12/h1-5,14H,6-11H2. The van der Waals surface area contributed by atoms with Crippen molar-refractivity contribution < 1.29 is 8.42 Å². The van der Waals surface area contributed by atoms with Gasteiger partial charge in [-0.25, -0.2) is 8.42 Å². The van der Waals surface area contributed by atoms with E-state index in [0.29, 0.717) is 11.5 Å². The van der Waals surface area contributed by atoms with Crippen LogP contribution in [0.4, 0.5) is 0 Å². The number of sulfone groups is 1. The molecule has 1 N–H and O–H groups in total. The van der Waals surface area contributed by atoms with Crippen LogP contribution in [0, 0.1) is 0 Å². The van der Waals surface area contributed by atoms with Crippen LogP contribution in [-0.4, -0.2) is 50.0 Å². The average molecular weight is 266 g/mol. The lowest BCUT2D eigenvalue weighted by atomic mass is 9.97. The highest BCUT2D eigenvalue weighted by molar-refractivity contribution is 7.93. The molecule has 2 heterocycles. The molecule has 18 heavy (non-hydrogen) atoms. The topological polar surface area (TPSA) is 49.4 Å². The van der Waals surface area contributed by atoms with Crippen LogP contribution in [0.3, 0.4) is 0 Å². The molecule has 2 aliphatic rings. The first-order valence-corrected chi connectivity index (χ1v) is 8.12. The summed E-state index contributed by atoms with van der Waals surface area (Å²) in [6.45, 7) is 3.50. The van der Waals surface area contributed by atoms with Crippen LogP contribution in [0.5, 0.6) is 0 Å². The molecule has 0 aromatic heterocycles. The summed E-state index contributed by atoms with van der Waals surface area (Å²) in [7, 11) is -2.80. The first-order chi connectivity index (χ1) is 8.60. The van der Waals surface area contributed by atoms with Gasteiger partial charge >= 0.3 is 0 Å². The third-order valence-corrected chi connectivity index (χ3v) is 5.83. The van der Waals surface area contributed by atoms with Crippen molar-refractivity contribution >= 4 is 9.84 Å². The minimum Gasteiger partial charge on any atom is -0.314 e. The van der Waals surface area contributed by atoms with Gasteiger partial charge < -0.3 is 5.32 Å². The second-order valence-electron chi connectivity index (χ2n) is 5.34. The largest absolute Gasteiger partial charge is 0.314 e. The van der Waals surface area contributed by atoms with Gasteiger partial charge in [0.2, 0.25) is 0 Å². The summed E-state index contributed by atoms with van der Waals surface area (Å²) in [5, 5.41) is 3.32. The zero-order chi connectivity index (χ0) is 12.6. The van der Waals surface area contributed by atoms with E-state index in [0.717, 1.165) is 26.2 Å². The van der Waals surface area contributed by atoms with E-state index >= 15 is 0 Å². The summed E-state index contributed by atoms with van der Waals surface area (Å²) < 4.78 is 23.0. The van der Waals surface area contributed by atoms with Gasteiger partial charge in [-0.3, -0.25) is 4.90 Å². The first kappa shape index (κ1) is 12.1. The quantitative estimate of drug-likeness (QED) is 0.834. The van der Waals surface area contributed by atoms with E-state index in [9.17, 15) is 8.42 Å². The first-order valence-electron chi connectivity index (χ1n) is 6.30. The maximum absolute atomic E-state index is 11.5. The fourth-order valence-corrected chi connectivity index (χ4v) is 5.12. The molecular weight excluding hydrogens is 248 g/mol. The Labute approximate surface area is 108 Å². The molecule has 3 rings (SSSR count). The van der Waals surface area contributed by atoms with E-state index in [1.54, 1.807) is 0 Å². The van der Waals surface area contributed by atoms with Crippen molar-refractivity contribution in [3.63, 3.8) is 0 Å². The second-order valence-corrected chi connectivity index (χ2v) is 7.41. The second kappa shape index (κ2) is 4.33. The van der Waals surface area contributed by atoms with E-state index in [1.807, 2.05) is 18.2 Å². The molecule has 0 bridgehead atoms. The Morgan fingerprint density at radius 1 is 1.22 bits per heavy atom. The minimum atomic E-state index is -2.80. The number of piperazine rings is 1. The highest BCUT2D eigenvalue weighted by Gasteiger charge is 2.53. The number of nitrogens with one attached hydrogen (secondary N) is 1. The van der Waals surface area contributed by atoms with E-state index in [-0.39, 0.29) is 5.54 Å². The minimum absolute atomic E-state index is 0.160. The van der Waals surface area contributed by atoms with Gasteiger partial charge in [0.15, 0.2) is 9.84 Å². The number of rotatable bonds is 2. The lowest BCUT2D eigenvalue weighted by Crippen LogP contribution is -2.72. The highest BCUT2D eigenvalue weighted by atomic mass is 32.2. The van der Waals surface area contributed by atoms with Gasteiger partial charge in [0.05, 0.1) is 17.0 Å². The van der Waals surface area contributed by atoms with Crippen LogP contribution in [0.1, 0.15) is 5.56 Å². The Bertz CT molecular complexity index is 515. The normalized spacial score (nSPS) is 25.8. The molecule has 0 unspecified atom stereocenters. The summed E-state index contributed by atoms with van der Waals surface area (Å²) in [6, 6.07) is 10.3. The Balaban J connectivity index is 1.77. The fraction of sp³-hybridized carbons (Fsp3) is 0.538. The molecular formula is C13H18N2O2S. The molecule has 5 heteroatoms.